The molecule has 7 aromatic heterocycles. The highest BCUT2D eigenvalue weighted by Crippen LogP contribution is 2.44. The van der Waals surface area contributed by atoms with Crippen LogP contribution in [0, 0.1) is 0 Å². The fourth-order valence-electron chi connectivity index (χ4n) is 18.4. The summed E-state index contributed by atoms with van der Waals surface area (Å²) in [6.07, 6.45) is 0. The van der Waals surface area contributed by atoms with Crippen molar-refractivity contribution < 1.29 is 4.42 Å². The maximum atomic E-state index is 6.24. The second kappa shape index (κ2) is 38.5. The second-order valence-corrected chi connectivity index (χ2v) is 41.4. The van der Waals surface area contributed by atoms with Crippen LogP contribution in [0.3, 0.4) is 0 Å². The molecule has 0 aliphatic rings. The maximum Gasteiger partial charge on any atom is 0.227 e. The minimum absolute atomic E-state index is 0.0714. The van der Waals surface area contributed by atoms with Crippen molar-refractivity contribution in [3.63, 3.8) is 0 Å². The lowest BCUT2D eigenvalue weighted by molar-refractivity contribution is 0.570. The van der Waals surface area contributed by atoms with E-state index in [1.54, 1.807) is 0 Å². The number of aromatic nitrogens is 12. The largest absolute Gasteiger partial charge is 0.435 e. The van der Waals surface area contributed by atoms with E-state index in [4.69, 9.17) is 59.2 Å². The summed E-state index contributed by atoms with van der Waals surface area (Å²) in [5, 5.41) is 7.36. The average Bonchev–Trinajstić information content (AvgIpc) is 1.56. The zero-order chi connectivity index (χ0) is 98.2. The lowest BCUT2D eigenvalue weighted by Gasteiger charge is -2.22. The lowest BCUT2D eigenvalue weighted by atomic mass is 9.88. The van der Waals surface area contributed by atoms with Gasteiger partial charge >= 0.3 is 0 Å². The van der Waals surface area contributed by atoms with E-state index in [2.05, 4.69) is 357 Å². The van der Waals surface area contributed by atoms with Crippen LogP contribution in [-0.2, 0) is 27.1 Å². The molecular formula is C129H112N12O. The van der Waals surface area contributed by atoms with E-state index < -0.39 is 0 Å². The molecule has 24 aromatic rings. The van der Waals surface area contributed by atoms with Crippen molar-refractivity contribution >= 4 is 110 Å². The highest BCUT2D eigenvalue weighted by Gasteiger charge is 2.31. The van der Waals surface area contributed by atoms with Gasteiger partial charge in [0.2, 0.25) is 5.89 Å². The topological polar surface area (TPSA) is 160 Å². The molecule has 24 rings (SSSR count). The summed E-state index contributed by atoms with van der Waals surface area (Å²) >= 11 is 0. The molecule has 0 N–H and O–H groups in total. The zero-order valence-electron chi connectivity index (χ0n) is 83.0. The normalized spacial score (nSPS) is 11.9. The Morgan fingerprint density at radius 1 is 0.190 bits per heavy atom. The van der Waals surface area contributed by atoms with Crippen molar-refractivity contribution in [1.29, 1.82) is 0 Å². The maximum absolute atomic E-state index is 6.24. The number of rotatable bonds is 9. The van der Waals surface area contributed by atoms with E-state index in [-0.39, 0.29) is 27.1 Å². The van der Waals surface area contributed by atoms with Crippen LogP contribution >= 0.6 is 0 Å². The van der Waals surface area contributed by atoms with Gasteiger partial charge in [0.15, 0.2) is 5.58 Å². The number of hydrogen-bond acceptors (Lipinski definition) is 12. The van der Waals surface area contributed by atoms with Crippen LogP contribution in [0.1, 0.15) is 132 Å². The van der Waals surface area contributed by atoms with Gasteiger partial charge in [0.05, 0.1) is 123 Å². The van der Waals surface area contributed by atoms with E-state index in [0.29, 0.717) is 5.89 Å². The molecule has 13 nitrogen and oxygen atoms in total. The fourth-order valence-corrected chi connectivity index (χ4v) is 18.4. The number of fused-ring (bicyclic) bond motifs is 12. The molecule has 13 heteroatoms. The van der Waals surface area contributed by atoms with Crippen LogP contribution in [0.4, 0.5) is 0 Å². The first-order chi connectivity index (χ1) is 68.6. The molecule has 0 aliphatic heterocycles. The van der Waals surface area contributed by atoms with E-state index in [9.17, 15) is 0 Å². The molecule has 0 amide bonds. The molecule has 0 radical (unpaired) electrons. The standard InChI is InChI=1S/C30H25N3.C28H24N2.C25H21N3O.C24H22N2.C22H20N2/c1-30(2,3)29-28(31-24-14-8-9-15-25(24)32-29)20-17-18-23-22-13-7-10-16-26(22)33(27(23)19-20)21-11-5-4-6-12-21;1-28(2,3)27-26(29-24-10-6-7-11-25(24)30-27)21-15-12-20(13-16-21)23-17-14-19-8-4-5-9-22(19)18-23;1-25(2,3)23-21(26-18-13-7-8-14-19(18)27-23)17-12-9-15-20-22(17)29-24(28-20)16-10-5-4-6-11-16;1-24(2,3)23-22(25-20-11-7-8-12-21(20)26-23)19-15-13-18(14-16-19)17-9-5-4-6-10-17;1-22(2,3)21-19(16-10-5-4-6-11-16)24-20-17-12-8-7-9-15(17)13-14-18(20)23-21/h4-19H,1-3H3;4-18H,1-3H3;4-15H,1-3H3;4-16H,1-3H3;4-14H,1-3H3. The molecule has 0 atom stereocenters. The summed E-state index contributed by atoms with van der Waals surface area (Å²) in [5.41, 5.74) is 34.8. The van der Waals surface area contributed by atoms with Gasteiger partial charge < -0.3 is 8.98 Å². The van der Waals surface area contributed by atoms with Gasteiger partial charge in [-0.2, -0.15) is 0 Å². The highest BCUT2D eigenvalue weighted by atomic mass is 16.3. The van der Waals surface area contributed by atoms with Crippen molar-refractivity contribution in [3.05, 3.63) is 435 Å². The second-order valence-electron chi connectivity index (χ2n) is 41.4. The summed E-state index contributed by atoms with van der Waals surface area (Å²) in [6, 6.07) is 140. The monoisotopic (exact) mass is 1840 g/mol. The molecule has 0 saturated heterocycles. The van der Waals surface area contributed by atoms with Gasteiger partial charge in [0.25, 0.3) is 0 Å². The quantitative estimate of drug-likeness (QED) is 0.126. The lowest BCUT2D eigenvalue weighted by Crippen LogP contribution is -2.16. The Morgan fingerprint density at radius 2 is 0.514 bits per heavy atom. The predicted octanol–water partition coefficient (Wildman–Crippen LogP) is 33.5. The molecule has 142 heavy (non-hydrogen) atoms. The Balaban J connectivity index is 0.000000109. The van der Waals surface area contributed by atoms with Crippen LogP contribution in [0.5, 0.6) is 0 Å². The first kappa shape index (κ1) is 92.9. The summed E-state index contributed by atoms with van der Waals surface area (Å²) in [4.78, 5) is 54.8. The summed E-state index contributed by atoms with van der Waals surface area (Å²) in [6.45, 7) is 32.8. The highest BCUT2D eigenvalue weighted by molar-refractivity contribution is 6.11. The third kappa shape index (κ3) is 19.5. The molecule has 0 fully saturated rings. The Hall–Kier alpha value is -16.8. The molecule has 0 spiro atoms. The fraction of sp³-hybridized carbons (Fsp3) is 0.155. The number of benzene rings is 17. The van der Waals surface area contributed by atoms with Crippen molar-refractivity contribution in [2.45, 2.75) is 131 Å². The number of hydrogen-bond donors (Lipinski definition) is 0. The number of para-hydroxylation sites is 11. The van der Waals surface area contributed by atoms with Crippen LogP contribution < -0.4 is 0 Å². The Bertz CT molecular complexity index is 8770. The zero-order valence-corrected chi connectivity index (χ0v) is 83.0. The Labute approximate surface area is 829 Å². The first-order valence-corrected chi connectivity index (χ1v) is 48.7. The molecule has 0 unspecified atom stereocenters. The van der Waals surface area contributed by atoms with E-state index in [1.807, 2.05) is 158 Å². The minimum atomic E-state index is -0.170. The average molecular weight is 1850 g/mol. The summed E-state index contributed by atoms with van der Waals surface area (Å²) < 4.78 is 8.59. The molecule has 0 bridgehead atoms. The molecule has 0 aliphatic carbocycles. The molecule has 0 saturated carbocycles. The Morgan fingerprint density at radius 3 is 1.01 bits per heavy atom. The van der Waals surface area contributed by atoms with Crippen molar-refractivity contribution in [1.82, 2.24) is 59.4 Å². The van der Waals surface area contributed by atoms with Gasteiger partial charge in [0.1, 0.15) is 5.52 Å². The van der Waals surface area contributed by atoms with Gasteiger partial charge in [-0.05, 0) is 148 Å². The summed E-state index contributed by atoms with van der Waals surface area (Å²) in [7, 11) is 0. The van der Waals surface area contributed by atoms with Crippen LogP contribution in [0.2, 0.25) is 0 Å². The van der Waals surface area contributed by atoms with Crippen LogP contribution in [0.15, 0.2) is 411 Å². The summed E-state index contributed by atoms with van der Waals surface area (Å²) in [5.74, 6) is 0.610. The number of nitrogens with zero attached hydrogens (tertiary/aromatic N) is 12. The van der Waals surface area contributed by atoms with Crippen molar-refractivity contribution in [3.8, 4) is 95.7 Å². The molecule has 694 valence electrons. The van der Waals surface area contributed by atoms with Crippen molar-refractivity contribution in [2.24, 2.45) is 0 Å². The van der Waals surface area contributed by atoms with E-state index in [0.717, 1.165) is 168 Å². The van der Waals surface area contributed by atoms with Gasteiger partial charge in [-0.15, -0.1) is 0 Å². The minimum Gasteiger partial charge on any atom is -0.435 e. The molecule has 17 aromatic carbocycles. The number of oxazole rings is 1. The Kier molecular flexibility index (Phi) is 25.2. The van der Waals surface area contributed by atoms with Gasteiger partial charge in [0, 0.05) is 82.3 Å². The van der Waals surface area contributed by atoms with E-state index in [1.165, 1.54) is 60.2 Å². The van der Waals surface area contributed by atoms with Crippen LogP contribution in [0.25, 0.3) is 205 Å². The van der Waals surface area contributed by atoms with Gasteiger partial charge in [-0.1, -0.05) is 401 Å². The van der Waals surface area contributed by atoms with Crippen LogP contribution in [-0.4, -0.2) is 59.4 Å². The smallest absolute Gasteiger partial charge is 0.227 e. The van der Waals surface area contributed by atoms with Gasteiger partial charge in [-0.25, -0.2) is 54.8 Å². The van der Waals surface area contributed by atoms with Crippen molar-refractivity contribution in [2.75, 3.05) is 0 Å². The van der Waals surface area contributed by atoms with Gasteiger partial charge in [-0.3, -0.25) is 0 Å². The third-order valence-corrected chi connectivity index (χ3v) is 25.6. The van der Waals surface area contributed by atoms with E-state index >= 15 is 0 Å². The molecular weight excluding hydrogens is 1730 g/mol. The molecule has 7 heterocycles. The SMILES string of the molecule is CC(C)(C)c1nc2ccc3ccccc3c2nc1-c1ccccc1.CC(C)(C)c1nc2ccccc2nc1-c1ccc(-c2ccc3ccccc3c2)cc1.CC(C)(C)c1nc2ccccc2nc1-c1ccc(-c2ccccc2)cc1.CC(C)(C)c1nc2ccccc2nc1-c1ccc2c3ccccc3n(-c3ccccc3)c2c1.CC(C)(C)c1nc2ccccc2nc1-c1cccc2nc(-c3ccccc3)oc12. The third-order valence-electron chi connectivity index (χ3n) is 25.6. The first-order valence-electron chi connectivity index (χ1n) is 48.7. The predicted molar refractivity (Wildman–Crippen MR) is 592 cm³/mol.